The summed E-state index contributed by atoms with van der Waals surface area (Å²) in [6.45, 7) is 5.54. The second-order valence-electron chi connectivity index (χ2n) is 7.68. The number of nitrogens with one attached hydrogen (secondary N) is 1. The molecule has 8 nitrogen and oxygen atoms in total. The first-order chi connectivity index (χ1) is 13.2. The third-order valence-corrected chi connectivity index (χ3v) is 5.46. The number of aromatic nitrogens is 4. The predicted molar refractivity (Wildman–Crippen MR) is 98.7 cm³/mol. The van der Waals surface area contributed by atoms with Crippen LogP contribution in [-0.4, -0.2) is 75.5 Å². The Morgan fingerprint density at radius 1 is 1.30 bits per heavy atom. The Kier molecular flexibility index (Phi) is 5.45. The number of likely N-dealkylation sites (tertiary alicyclic amines) is 1. The fourth-order valence-electron chi connectivity index (χ4n) is 4.20. The van der Waals surface area contributed by atoms with Crippen LogP contribution >= 0.6 is 0 Å². The summed E-state index contributed by atoms with van der Waals surface area (Å²) in [5.41, 5.74) is 1.89. The topological polar surface area (TPSA) is 87.2 Å². The second kappa shape index (κ2) is 8.14. The number of piperidine rings is 1. The number of carbonyl (C=O) groups is 1. The van der Waals surface area contributed by atoms with Crippen molar-refractivity contribution in [2.75, 3.05) is 39.4 Å². The van der Waals surface area contributed by atoms with Crippen molar-refractivity contribution in [2.24, 2.45) is 5.41 Å². The molecule has 2 aliphatic heterocycles. The summed E-state index contributed by atoms with van der Waals surface area (Å²) in [5.74, 6) is 0.175. The number of ether oxygens (including phenoxy) is 1. The lowest BCUT2D eigenvalue weighted by atomic mass is 9.80. The van der Waals surface area contributed by atoms with Crippen molar-refractivity contribution in [3.05, 3.63) is 42.0 Å². The van der Waals surface area contributed by atoms with Crippen LogP contribution in [0.5, 0.6) is 0 Å². The number of pyridine rings is 1. The number of rotatable bonds is 4. The van der Waals surface area contributed by atoms with Crippen molar-refractivity contribution >= 4 is 5.91 Å². The Morgan fingerprint density at radius 2 is 2.26 bits per heavy atom. The molecule has 1 spiro atoms. The summed E-state index contributed by atoms with van der Waals surface area (Å²) in [4.78, 5) is 21.3. The number of carbonyl (C=O) groups excluding carboxylic acids is 1. The van der Waals surface area contributed by atoms with Gasteiger partial charge in [0.25, 0.3) is 0 Å². The molecule has 4 heterocycles. The second-order valence-corrected chi connectivity index (χ2v) is 7.68. The van der Waals surface area contributed by atoms with E-state index in [4.69, 9.17) is 4.74 Å². The van der Waals surface area contributed by atoms with Crippen molar-refractivity contribution in [2.45, 2.75) is 25.8 Å². The lowest BCUT2D eigenvalue weighted by Crippen LogP contribution is -2.52. The van der Waals surface area contributed by atoms with Crippen LogP contribution in [0.2, 0.25) is 0 Å². The summed E-state index contributed by atoms with van der Waals surface area (Å²) in [5, 5.41) is 10.7. The fraction of sp³-hybridized carbons (Fsp3) is 0.579. The highest BCUT2D eigenvalue weighted by Gasteiger charge is 2.40. The Morgan fingerprint density at radius 3 is 3.07 bits per heavy atom. The van der Waals surface area contributed by atoms with E-state index in [1.807, 2.05) is 17.0 Å². The Balaban J connectivity index is 1.42. The molecule has 0 aromatic carbocycles. The van der Waals surface area contributed by atoms with Gasteiger partial charge in [-0.15, -0.1) is 0 Å². The summed E-state index contributed by atoms with van der Waals surface area (Å²) in [6, 6.07) is 3.83. The molecule has 0 aliphatic carbocycles. The number of amides is 1. The molecule has 0 bridgehead atoms. The van der Waals surface area contributed by atoms with Crippen LogP contribution in [0.3, 0.4) is 0 Å². The molecule has 2 aromatic rings. The highest BCUT2D eigenvalue weighted by molar-refractivity contribution is 5.78. The van der Waals surface area contributed by atoms with E-state index >= 15 is 0 Å². The van der Waals surface area contributed by atoms with Crippen molar-refractivity contribution in [1.29, 1.82) is 0 Å². The van der Waals surface area contributed by atoms with Crippen LogP contribution in [-0.2, 0) is 22.5 Å². The first-order valence-electron chi connectivity index (χ1n) is 9.54. The molecule has 2 saturated heterocycles. The molecular formula is C19H26N6O2. The zero-order chi connectivity index (χ0) is 18.5. The van der Waals surface area contributed by atoms with E-state index in [9.17, 15) is 4.79 Å². The molecule has 1 N–H and O–H groups in total. The molecule has 2 aliphatic rings. The van der Waals surface area contributed by atoms with Crippen molar-refractivity contribution in [3.63, 3.8) is 0 Å². The lowest BCUT2D eigenvalue weighted by molar-refractivity contribution is -0.135. The highest BCUT2D eigenvalue weighted by Crippen LogP contribution is 2.33. The maximum absolute atomic E-state index is 12.8. The predicted octanol–water partition coefficient (Wildman–Crippen LogP) is 0.883. The van der Waals surface area contributed by atoms with Crippen LogP contribution in [0.25, 0.3) is 0 Å². The molecule has 144 valence electrons. The number of aromatic amines is 1. The molecule has 0 radical (unpaired) electrons. The van der Waals surface area contributed by atoms with Gasteiger partial charge in [-0.05, 0) is 24.5 Å². The highest BCUT2D eigenvalue weighted by atomic mass is 16.5. The van der Waals surface area contributed by atoms with Crippen LogP contribution < -0.4 is 0 Å². The molecule has 1 atom stereocenters. The zero-order valence-electron chi connectivity index (χ0n) is 15.5. The van der Waals surface area contributed by atoms with Gasteiger partial charge in [0.2, 0.25) is 5.91 Å². The summed E-state index contributed by atoms with van der Waals surface area (Å²) in [6.07, 6.45) is 7.78. The third kappa shape index (κ3) is 4.51. The van der Waals surface area contributed by atoms with Crippen LogP contribution in [0.1, 0.15) is 24.1 Å². The number of H-pyrrole nitrogens is 1. The van der Waals surface area contributed by atoms with E-state index < -0.39 is 0 Å². The van der Waals surface area contributed by atoms with Gasteiger partial charge in [-0.25, -0.2) is 0 Å². The number of nitrogens with zero attached hydrogens (tertiary/aromatic N) is 5. The van der Waals surface area contributed by atoms with E-state index in [-0.39, 0.29) is 11.3 Å². The van der Waals surface area contributed by atoms with Gasteiger partial charge < -0.3 is 9.64 Å². The lowest BCUT2D eigenvalue weighted by Gasteiger charge is -2.43. The van der Waals surface area contributed by atoms with Gasteiger partial charge >= 0.3 is 0 Å². The normalized spacial score (nSPS) is 24.1. The third-order valence-electron chi connectivity index (χ3n) is 5.46. The minimum absolute atomic E-state index is 0.0108. The molecule has 8 heteroatoms. The van der Waals surface area contributed by atoms with E-state index in [0.29, 0.717) is 19.6 Å². The molecule has 27 heavy (non-hydrogen) atoms. The Hall–Kier alpha value is -2.32. The molecule has 4 rings (SSSR count). The van der Waals surface area contributed by atoms with Gasteiger partial charge in [0.1, 0.15) is 0 Å². The van der Waals surface area contributed by atoms with Gasteiger partial charge in [0.15, 0.2) is 0 Å². The largest absolute Gasteiger partial charge is 0.379 e. The van der Waals surface area contributed by atoms with Crippen molar-refractivity contribution in [3.8, 4) is 0 Å². The van der Waals surface area contributed by atoms with Gasteiger partial charge in [0.05, 0.1) is 31.5 Å². The first kappa shape index (κ1) is 18.1. The molecule has 0 unspecified atom stereocenters. The van der Waals surface area contributed by atoms with Gasteiger partial charge in [-0.1, -0.05) is 6.07 Å². The SMILES string of the molecule is O=C(Cc1cccnc1)N1CCC[C@]2(COCCN(Cc3cn[nH]n3)C2)C1. The van der Waals surface area contributed by atoms with E-state index in [2.05, 4.69) is 25.3 Å². The molecule has 1 amide bonds. The number of hydrogen-bond acceptors (Lipinski definition) is 6. The van der Waals surface area contributed by atoms with Crippen LogP contribution in [0.15, 0.2) is 30.7 Å². The van der Waals surface area contributed by atoms with Crippen molar-refractivity contribution < 1.29 is 9.53 Å². The standard InChI is InChI=1S/C19H26N6O2/c26-18(9-16-3-1-5-20-10-16)25-6-2-4-19(14-25)13-24(7-8-27-15-19)12-17-11-21-23-22-17/h1,3,5,10-11H,2,4,6-9,12-15H2,(H,21,22,23)/t19-/m1/s1. The minimum atomic E-state index is -0.0108. The maximum Gasteiger partial charge on any atom is 0.227 e. The first-order valence-corrected chi connectivity index (χ1v) is 9.54. The van der Waals surface area contributed by atoms with Crippen LogP contribution in [0.4, 0.5) is 0 Å². The smallest absolute Gasteiger partial charge is 0.227 e. The van der Waals surface area contributed by atoms with E-state index in [1.165, 1.54) is 0 Å². The Labute approximate surface area is 158 Å². The van der Waals surface area contributed by atoms with Gasteiger partial charge in [0, 0.05) is 50.5 Å². The summed E-state index contributed by atoms with van der Waals surface area (Å²) < 4.78 is 5.95. The monoisotopic (exact) mass is 370 g/mol. The zero-order valence-corrected chi connectivity index (χ0v) is 15.5. The fourth-order valence-corrected chi connectivity index (χ4v) is 4.20. The molecule has 0 saturated carbocycles. The average molecular weight is 370 g/mol. The van der Waals surface area contributed by atoms with Crippen molar-refractivity contribution in [1.82, 2.24) is 30.2 Å². The summed E-state index contributed by atoms with van der Waals surface area (Å²) >= 11 is 0. The Bertz CT molecular complexity index is 738. The number of hydrogen-bond donors (Lipinski definition) is 1. The molecule has 2 aromatic heterocycles. The van der Waals surface area contributed by atoms with E-state index in [0.717, 1.165) is 56.8 Å². The summed E-state index contributed by atoms with van der Waals surface area (Å²) in [7, 11) is 0. The maximum atomic E-state index is 12.8. The quantitative estimate of drug-likeness (QED) is 0.860. The van der Waals surface area contributed by atoms with Crippen LogP contribution in [0, 0.1) is 5.41 Å². The van der Waals surface area contributed by atoms with E-state index in [1.54, 1.807) is 18.6 Å². The van der Waals surface area contributed by atoms with Gasteiger partial charge in [-0.2, -0.15) is 15.4 Å². The molecule has 2 fully saturated rings. The molecular weight excluding hydrogens is 344 g/mol. The van der Waals surface area contributed by atoms with Gasteiger partial charge in [-0.3, -0.25) is 14.7 Å². The minimum Gasteiger partial charge on any atom is -0.379 e. The average Bonchev–Trinajstić information content (AvgIpc) is 3.12.